The summed E-state index contributed by atoms with van der Waals surface area (Å²) in [5.41, 5.74) is 0. The standard InChI is InChI=1S/C16H28N4O2.HI/c1-13(2)7-4-5-9-19-16(17-3)20-11-10-18-15(21)14-8-6-12-22-14;/h6,8,12-13H,4-5,7,9-11H2,1-3H3,(H,18,21)(H2,17,19,20);1H. The predicted molar refractivity (Wildman–Crippen MR) is 105 cm³/mol. The molecule has 6 nitrogen and oxygen atoms in total. The first-order valence-electron chi connectivity index (χ1n) is 7.89. The van der Waals surface area contributed by atoms with E-state index in [0.717, 1.165) is 24.8 Å². The molecule has 0 saturated carbocycles. The third-order valence-electron chi connectivity index (χ3n) is 3.17. The first-order chi connectivity index (χ1) is 10.6. The zero-order chi connectivity index (χ0) is 16.2. The van der Waals surface area contributed by atoms with E-state index in [1.165, 1.54) is 19.1 Å². The molecule has 0 bridgehead atoms. The van der Waals surface area contributed by atoms with Crippen LogP contribution in [0, 0.1) is 5.92 Å². The van der Waals surface area contributed by atoms with Crippen LogP contribution in [0.25, 0.3) is 0 Å². The van der Waals surface area contributed by atoms with Gasteiger partial charge in [0.15, 0.2) is 11.7 Å². The minimum Gasteiger partial charge on any atom is -0.459 e. The highest BCUT2D eigenvalue weighted by Gasteiger charge is 2.06. The van der Waals surface area contributed by atoms with Gasteiger partial charge in [0.1, 0.15) is 0 Å². The Hall–Kier alpha value is -1.25. The van der Waals surface area contributed by atoms with Crippen LogP contribution in [0.1, 0.15) is 43.7 Å². The molecule has 0 aliphatic carbocycles. The van der Waals surface area contributed by atoms with Crippen molar-refractivity contribution in [3.05, 3.63) is 24.2 Å². The summed E-state index contributed by atoms with van der Waals surface area (Å²) in [6.45, 7) is 6.51. The summed E-state index contributed by atoms with van der Waals surface area (Å²) in [6.07, 6.45) is 5.10. The summed E-state index contributed by atoms with van der Waals surface area (Å²) in [4.78, 5) is 15.8. The fraction of sp³-hybridized carbons (Fsp3) is 0.625. The maximum atomic E-state index is 11.6. The van der Waals surface area contributed by atoms with E-state index in [2.05, 4.69) is 34.8 Å². The third kappa shape index (κ3) is 10.2. The van der Waals surface area contributed by atoms with Gasteiger partial charge in [0.05, 0.1) is 6.26 Å². The Labute approximate surface area is 155 Å². The molecule has 0 aliphatic rings. The van der Waals surface area contributed by atoms with Crippen LogP contribution in [0.2, 0.25) is 0 Å². The van der Waals surface area contributed by atoms with Gasteiger partial charge in [-0.1, -0.05) is 26.7 Å². The summed E-state index contributed by atoms with van der Waals surface area (Å²) >= 11 is 0. The molecule has 1 heterocycles. The summed E-state index contributed by atoms with van der Waals surface area (Å²) in [5.74, 6) is 1.64. The Balaban J connectivity index is 0.00000484. The van der Waals surface area contributed by atoms with Gasteiger partial charge in [0, 0.05) is 26.7 Å². The molecule has 0 atom stereocenters. The highest BCUT2D eigenvalue weighted by molar-refractivity contribution is 14.0. The van der Waals surface area contributed by atoms with Crippen molar-refractivity contribution in [2.75, 3.05) is 26.7 Å². The monoisotopic (exact) mass is 436 g/mol. The number of carbonyl (C=O) groups is 1. The van der Waals surface area contributed by atoms with Crippen LogP contribution < -0.4 is 16.0 Å². The minimum atomic E-state index is -0.205. The highest BCUT2D eigenvalue weighted by atomic mass is 127. The maximum absolute atomic E-state index is 11.6. The summed E-state index contributed by atoms with van der Waals surface area (Å²) in [6, 6.07) is 3.33. The molecule has 1 aromatic rings. The molecule has 0 saturated heterocycles. The van der Waals surface area contributed by atoms with Gasteiger partial charge >= 0.3 is 0 Å². The van der Waals surface area contributed by atoms with Crippen LogP contribution in [0.15, 0.2) is 27.8 Å². The van der Waals surface area contributed by atoms with E-state index in [-0.39, 0.29) is 29.9 Å². The highest BCUT2D eigenvalue weighted by Crippen LogP contribution is 2.04. The number of carbonyl (C=O) groups excluding carboxylic acids is 1. The Kier molecular flexibility index (Phi) is 12.5. The normalized spacial score (nSPS) is 11.0. The smallest absolute Gasteiger partial charge is 0.287 e. The minimum absolute atomic E-state index is 0. The number of nitrogens with one attached hydrogen (secondary N) is 3. The van der Waals surface area contributed by atoms with Crippen LogP contribution >= 0.6 is 24.0 Å². The zero-order valence-electron chi connectivity index (χ0n) is 14.2. The Bertz CT molecular complexity index is 447. The fourth-order valence-electron chi connectivity index (χ4n) is 1.96. The van der Waals surface area contributed by atoms with Crippen molar-refractivity contribution >= 4 is 35.8 Å². The van der Waals surface area contributed by atoms with Gasteiger partial charge in [0.2, 0.25) is 0 Å². The second-order valence-corrected chi connectivity index (χ2v) is 5.55. The van der Waals surface area contributed by atoms with Crippen LogP contribution in [-0.2, 0) is 0 Å². The van der Waals surface area contributed by atoms with E-state index >= 15 is 0 Å². The Morgan fingerprint density at radius 1 is 1.17 bits per heavy atom. The van der Waals surface area contributed by atoms with Crippen LogP contribution in [0.5, 0.6) is 0 Å². The van der Waals surface area contributed by atoms with Crippen molar-refractivity contribution in [1.82, 2.24) is 16.0 Å². The topological polar surface area (TPSA) is 78.7 Å². The number of amides is 1. The van der Waals surface area contributed by atoms with Gasteiger partial charge in [-0.25, -0.2) is 0 Å². The van der Waals surface area contributed by atoms with Gasteiger partial charge < -0.3 is 20.4 Å². The van der Waals surface area contributed by atoms with E-state index in [0.29, 0.717) is 18.8 Å². The maximum Gasteiger partial charge on any atom is 0.287 e. The molecule has 0 aromatic carbocycles. The lowest BCUT2D eigenvalue weighted by atomic mass is 10.1. The molecule has 0 spiro atoms. The first kappa shape index (κ1) is 21.8. The van der Waals surface area contributed by atoms with Crippen LogP contribution in [0.4, 0.5) is 0 Å². The molecule has 0 unspecified atom stereocenters. The van der Waals surface area contributed by atoms with Crippen molar-refractivity contribution in [3.63, 3.8) is 0 Å². The molecule has 132 valence electrons. The Morgan fingerprint density at radius 3 is 2.48 bits per heavy atom. The summed E-state index contributed by atoms with van der Waals surface area (Å²) in [7, 11) is 1.74. The number of furan rings is 1. The summed E-state index contributed by atoms with van der Waals surface area (Å²) < 4.78 is 5.02. The molecular weight excluding hydrogens is 407 g/mol. The number of rotatable bonds is 9. The van der Waals surface area contributed by atoms with Gasteiger partial charge in [-0.15, -0.1) is 24.0 Å². The van der Waals surface area contributed by atoms with E-state index < -0.39 is 0 Å². The first-order valence-corrected chi connectivity index (χ1v) is 7.89. The van der Waals surface area contributed by atoms with Gasteiger partial charge in [-0.05, 0) is 24.5 Å². The quantitative estimate of drug-likeness (QED) is 0.241. The lowest BCUT2D eigenvalue weighted by Gasteiger charge is -2.12. The third-order valence-corrected chi connectivity index (χ3v) is 3.17. The average molecular weight is 436 g/mol. The average Bonchev–Trinajstić information content (AvgIpc) is 3.02. The number of halogens is 1. The molecule has 3 N–H and O–H groups in total. The number of hydrogen-bond acceptors (Lipinski definition) is 3. The van der Waals surface area contributed by atoms with E-state index in [1.54, 1.807) is 19.2 Å². The number of guanidine groups is 1. The number of hydrogen-bond donors (Lipinski definition) is 3. The lowest BCUT2D eigenvalue weighted by Crippen LogP contribution is -2.41. The van der Waals surface area contributed by atoms with Crippen molar-refractivity contribution < 1.29 is 9.21 Å². The summed E-state index contributed by atoms with van der Waals surface area (Å²) in [5, 5.41) is 9.21. The molecule has 23 heavy (non-hydrogen) atoms. The van der Waals surface area contributed by atoms with Gasteiger partial charge in [0.25, 0.3) is 5.91 Å². The largest absolute Gasteiger partial charge is 0.459 e. The van der Waals surface area contributed by atoms with Crippen molar-refractivity contribution in [1.29, 1.82) is 0 Å². The van der Waals surface area contributed by atoms with Crippen LogP contribution in [0.3, 0.4) is 0 Å². The molecule has 1 amide bonds. The molecule has 1 aromatic heterocycles. The number of aliphatic imine (C=N–C) groups is 1. The fourth-order valence-corrected chi connectivity index (χ4v) is 1.96. The van der Waals surface area contributed by atoms with Crippen molar-refractivity contribution in [2.24, 2.45) is 10.9 Å². The van der Waals surface area contributed by atoms with Gasteiger partial charge in [-0.3, -0.25) is 9.79 Å². The molecular formula is C16H29IN4O2. The SMILES string of the molecule is CN=C(NCCCCC(C)C)NCCNC(=O)c1ccco1.I. The molecule has 7 heteroatoms. The van der Waals surface area contributed by atoms with Crippen molar-refractivity contribution in [2.45, 2.75) is 33.1 Å². The van der Waals surface area contributed by atoms with E-state index in [9.17, 15) is 4.79 Å². The zero-order valence-corrected chi connectivity index (χ0v) is 16.6. The molecule has 0 aliphatic heterocycles. The lowest BCUT2D eigenvalue weighted by molar-refractivity contribution is 0.0926. The second kappa shape index (κ2) is 13.2. The van der Waals surface area contributed by atoms with E-state index in [4.69, 9.17) is 4.42 Å². The molecule has 1 rings (SSSR count). The second-order valence-electron chi connectivity index (χ2n) is 5.55. The predicted octanol–water partition coefficient (Wildman–Crippen LogP) is 2.62. The van der Waals surface area contributed by atoms with Crippen LogP contribution in [-0.4, -0.2) is 38.5 Å². The van der Waals surface area contributed by atoms with E-state index in [1.807, 2.05) is 0 Å². The Morgan fingerprint density at radius 2 is 1.87 bits per heavy atom. The number of unbranched alkanes of at least 4 members (excludes halogenated alkanes) is 1. The molecule has 0 radical (unpaired) electrons. The molecule has 0 fully saturated rings. The number of nitrogens with zero attached hydrogens (tertiary/aromatic N) is 1. The van der Waals surface area contributed by atoms with Gasteiger partial charge in [-0.2, -0.15) is 0 Å². The van der Waals surface area contributed by atoms with Crippen molar-refractivity contribution in [3.8, 4) is 0 Å².